The second-order valence-electron chi connectivity index (χ2n) is 6.17. The Morgan fingerprint density at radius 2 is 1.96 bits per heavy atom. The number of furan rings is 1. The predicted molar refractivity (Wildman–Crippen MR) is 109 cm³/mol. The van der Waals surface area contributed by atoms with Gasteiger partial charge in [0.1, 0.15) is 5.76 Å². The van der Waals surface area contributed by atoms with Crippen LogP contribution >= 0.6 is 27.5 Å². The van der Waals surface area contributed by atoms with Gasteiger partial charge in [-0.15, -0.1) is 0 Å². The van der Waals surface area contributed by atoms with E-state index in [1.807, 2.05) is 37.3 Å². The van der Waals surface area contributed by atoms with Gasteiger partial charge >= 0.3 is 0 Å². The van der Waals surface area contributed by atoms with Gasteiger partial charge < -0.3 is 9.52 Å². The Hall–Kier alpha value is -2.34. The maximum absolute atomic E-state index is 13.1. The van der Waals surface area contributed by atoms with Crippen molar-refractivity contribution in [2.24, 2.45) is 0 Å². The highest BCUT2D eigenvalue weighted by Gasteiger charge is 2.22. The van der Waals surface area contributed by atoms with E-state index in [0.717, 1.165) is 26.5 Å². The van der Waals surface area contributed by atoms with Crippen molar-refractivity contribution in [3.05, 3.63) is 81.1 Å². The standard InChI is InChI=1S/C21H15BrClNO3/c1-12-16(11-25)14-4-2-3-5-18(14)24(12)21(26)20-9-8-19(27-20)15-7-6-13(23)10-17(15)22/h2-10,25H,11H2,1H3. The number of nitrogens with zero attached hydrogens (tertiary/aromatic N) is 1. The van der Waals surface area contributed by atoms with E-state index in [0.29, 0.717) is 16.5 Å². The number of hydrogen-bond acceptors (Lipinski definition) is 3. The number of aliphatic hydroxyl groups excluding tert-OH is 1. The molecule has 2 aromatic heterocycles. The Labute approximate surface area is 169 Å². The fraction of sp³-hybridized carbons (Fsp3) is 0.0952. The lowest BCUT2D eigenvalue weighted by atomic mass is 10.1. The third kappa shape index (κ3) is 3.02. The van der Waals surface area contributed by atoms with Gasteiger partial charge in [0.2, 0.25) is 0 Å². The summed E-state index contributed by atoms with van der Waals surface area (Å²) in [7, 11) is 0. The maximum Gasteiger partial charge on any atom is 0.298 e. The highest BCUT2D eigenvalue weighted by atomic mass is 79.9. The summed E-state index contributed by atoms with van der Waals surface area (Å²) in [6.07, 6.45) is 0. The van der Waals surface area contributed by atoms with E-state index in [-0.39, 0.29) is 18.3 Å². The normalized spacial score (nSPS) is 11.3. The molecule has 4 rings (SSSR count). The van der Waals surface area contributed by atoms with Gasteiger partial charge in [-0.3, -0.25) is 9.36 Å². The molecule has 0 amide bonds. The number of benzene rings is 2. The summed E-state index contributed by atoms with van der Waals surface area (Å²) in [5.41, 5.74) is 3.00. The number of carbonyl (C=O) groups excluding carboxylic acids is 1. The van der Waals surface area contributed by atoms with Crippen molar-refractivity contribution >= 4 is 44.3 Å². The molecule has 1 N–H and O–H groups in total. The van der Waals surface area contributed by atoms with Gasteiger partial charge in [0, 0.05) is 31.7 Å². The first-order valence-electron chi connectivity index (χ1n) is 8.31. The first-order valence-corrected chi connectivity index (χ1v) is 9.48. The molecule has 136 valence electrons. The Morgan fingerprint density at radius 3 is 2.70 bits per heavy atom. The third-order valence-electron chi connectivity index (χ3n) is 4.62. The summed E-state index contributed by atoms with van der Waals surface area (Å²) >= 11 is 9.46. The first-order chi connectivity index (χ1) is 13.0. The molecule has 0 spiro atoms. The summed E-state index contributed by atoms with van der Waals surface area (Å²) in [5, 5.41) is 11.2. The zero-order valence-electron chi connectivity index (χ0n) is 14.4. The van der Waals surface area contributed by atoms with Crippen LogP contribution in [-0.4, -0.2) is 15.6 Å². The molecule has 2 heterocycles. The molecule has 0 aliphatic carbocycles. The van der Waals surface area contributed by atoms with Crippen molar-refractivity contribution in [3.63, 3.8) is 0 Å². The van der Waals surface area contributed by atoms with Gasteiger partial charge in [0.05, 0.1) is 12.1 Å². The van der Waals surface area contributed by atoms with Gasteiger partial charge in [-0.2, -0.15) is 0 Å². The zero-order chi connectivity index (χ0) is 19.1. The highest BCUT2D eigenvalue weighted by molar-refractivity contribution is 9.10. The Kier molecular flexibility index (Phi) is 4.68. The van der Waals surface area contributed by atoms with Crippen LogP contribution in [0.5, 0.6) is 0 Å². The number of fused-ring (bicyclic) bond motifs is 1. The number of rotatable bonds is 3. The monoisotopic (exact) mass is 443 g/mol. The molecule has 0 saturated carbocycles. The van der Waals surface area contributed by atoms with E-state index in [2.05, 4.69) is 15.9 Å². The van der Waals surface area contributed by atoms with Gasteiger partial charge in [-0.1, -0.05) is 29.8 Å². The number of hydrogen-bond donors (Lipinski definition) is 1. The molecule has 2 aromatic carbocycles. The minimum atomic E-state index is -0.278. The SMILES string of the molecule is Cc1c(CO)c2ccccc2n1C(=O)c1ccc(-c2ccc(Cl)cc2Br)o1. The second-order valence-corrected chi connectivity index (χ2v) is 7.46. The molecule has 0 fully saturated rings. The predicted octanol–water partition coefficient (Wildman–Crippen LogP) is 5.81. The van der Waals surface area contributed by atoms with Crippen LogP contribution in [0.25, 0.3) is 22.2 Å². The number of carbonyl (C=O) groups is 1. The van der Waals surface area contributed by atoms with E-state index in [1.54, 1.807) is 28.8 Å². The topological polar surface area (TPSA) is 55.4 Å². The van der Waals surface area contributed by atoms with E-state index in [9.17, 15) is 9.90 Å². The minimum absolute atomic E-state index is 0.131. The van der Waals surface area contributed by atoms with Crippen LogP contribution in [0.3, 0.4) is 0 Å². The summed E-state index contributed by atoms with van der Waals surface area (Å²) in [6, 6.07) is 16.3. The van der Waals surface area contributed by atoms with Crippen molar-refractivity contribution in [2.45, 2.75) is 13.5 Å². The molecule has 0 radical (unpaired) electrons. The summed E-state index contributed by atoms with van der Waals surface area (Å²) in [5.74, 6) is 0.512. The molecule has 0 aliphatic rings. The molecule has 0 unspecified atom stereocenters. The average Bonchev–Trinajstić information content (AvgIpc) is 3.23. The van der Waals surface area contributed by atoms with Crippen LogP contribution in [0.2, 0.25) is 5.02 Å². The highest BCUT2D eigenvalue weighted by Crippen LogP contribution is 2.33. The smallest absolute Gasteiger partial charge is 0.298 e. The lowest BCUT2D eigenvalue weighted by molar-refractivity contribution is 0.0936. The molecule has 6 heteroatoms. The average molecular weight is 445 g/mol. The second kappa shape index (κ2) is 7.00. The van der Waals surface area contributed by atoms with E-state index >= 15 is 0 Å². The van der Waals surface area contributed by atoms with Gasteiger partial charge in [0.25, 0.3) is 5.91 Å². The number of aromatic nitrogens is 1. The van der Waals surface area contributed by atoms with Crippen LogP contribution in [0.1, 0.15) is 21.8 Å². The third-order valence-corrected chi connectivity index (χ3v) is 5.51. The van der Waals surface area contributed by atoms with E-state index < -0.39 is 0 Å². The number of aliphatic hydroxyl groups is 1. The summed E-state index contributed by atoms with van der Waals surface area (Å²) < 4.78 is 8.22. The molecule has 0 aliphatic heterocycles. The molecule has 4 nitrogen and oxygen atoms in total. The molecule has 4 aromatic rings. The largest absolute Gasteiger partial charge is 0.451 e. The molecule has 0 saturated heterocycles. The Balaban J connectivity index is 1.80. The molecular weight excluding hydrogens is 430 g/mol. The zero-order valence-corrected chi connectivity index (χ0v) is 16.7. The Morgan fingerprint density at radius 1 is 1.19 bits per heavy atom. The maximum atomic E-state index is 13.1. The molecular formula is C21H15BrClNO3. The van der Waals surface area contributed by atoms with Crippen LogP contribution in [0, 0.1) is 6.92 Å². The van der Waals surface area contributed by atoms with Crippen molar-refractivity contribution in [3.8, 4) is 11.3 Å². The summed E-state index contributed by atoms with van der Waals surface area (Å²) in [4.78, 5) is 13.1. The van der Waals surface area contributed by atoms with Crippen molar-refractivity contribution < 1.29 is 14.3 Å². The lowest BCUT2D eigenvalue weighted by Gasteiger charge is -2.05. The quantitative estimate of drug-likeness (QED) is 0.434. The first kappa shape index (κ1) is 18.0. The van der Waals surface area contributed by atoms with Crippen LogP contribution in [-0.2, 0) is 6.61 Å². The van der Waals surface area contributed by atoms with Crippen molar-refractivity contribution in [1.29, 1.82) is 0 Å². The van der Waals surface area contributed by atoms with Gasteiger partial charge in [-0.05, 0) is 59.3 Å². The van der Waals surface area contributed by atoms with E-state index in [4.69, 9.17) is 16.0 Å². The lowest BCUT2D eigenvalue weighted by Crippen LogP contribution is -2.12. The van der Waals surface area contributed by atoms with Crippen molar-refractivity contribution in [1.82, 2.24) is 4.57 Å². The summed E-state index contributed by atoms with van der Waals surface area (Å²) in [6.45, 7) is 1.69. The van der Waals surface area contributed by atoms with Crippen LogP contribution < -0.4 is 0 Å². The number of halogens is 2. The fourth-order valence-electron chi connectivity index (χ4n) is 3.29. The molecule has 0 atom stereocenters. The molecule has 0 bridgehead atoms. The van der Waals surface area contributed by atoms with Crippen LogP contribution in [0.15, 0.2) is 63.5 Å². The van der Waals surface area contributed by atoms with Gasteiger partial charge in [0.15, 0.2) is 5.76 Å². The fourth-order valence-corrected chi connectivity index (χ4v) is 4.17. The van der Waals surface area contributed by atoms with E-state index in [1.165, 1.54) is 0 Å². The van der Waals surface area contributed by atoms with Crippen molar-refractivity contribution in [2.75, 3.05) is 0 Å². The number of para-hydroxylation sites is 1. The Bertz CT molecular complexity index is 1180. The van der Waals surface area contributed by atoms with Gasteiger partial charge in [-0.25, -0.2) is 0 Å². The molecule has 27 heavy (non-hydrogen) atoms. The van der Waals surface area contributed by atoms with Crippen LogP contribution in [0.4, 0.5) is 0 Å². The minimum Gasteiger partial charge on any atom is -0.451 e.